The van der Waals surface area contributed by atoms with Crippen LogP contribution in [-0.4, -0.2) is 49.3 Å². The van der Waals surface area contributed by atoms with E-state index in [0.29, 0.717) is 12.8 Å². The highest BCUT2D eigenvalue weighted by Crippen LogP contribution is 2.09. The van der Waals surface area contributed by atoms with Crippen LogP contribution in [0, 0.1) is 0 Å². The van der Waals surface area contributed by atoms with E-state index in [4.69, 9.17) is 0 Å². The average molecular weight is 213 g/mol. The van der Waals surface area contributed by atoms with Gasteiger partial charge in [-0.25, -0.2) is 0 Å². The summed E-state index contributed by atoms with van der Waals surface area (Å²) in [6, 6.07) is -0.389. The smallest absolute Gasteiger partial charge is 0.243 e. The van der Waals surface area contributed by atoms with Gasteiger partial charge in [-0.15, -0.1) is 0 Å². The summed E-state index contributed by atoms with van der Waals surface area (Å²) in [7, 11) is 3.23. The first-order valence-electron chi connectivity index (χ1n) is 4.79. The van der Waals surface area contributed by atoms with Crippen molar-refractivity contribution in [3.63, 3.8) is 0 Å². The molecule has 1 aliphatic heterocycles. The van der Waals surface area contributed by atoms with Crippen LogP contribution >= 0.6 is 0 Å². The van der Waals surface area contributed by atoms with Crippen molar-refractivity contribution in [1.29, 1.82) is 0 Å². The van der Waals surface area contributed by atoms with E-state index in [1.54, 1.807) is 19.0 Å². The van der Waals surface area contributed by atoms with Crippen molar-refractivity contribution in [3.8, 4) is 0 Å². The third kappa shape index (κ3) is 3.02. The molecule has 1 aliphatic rings. The van der Waals surface area contributed by atoms with E-state index in [9.17, 15) is 14.4 Å². The van der Waals surface area contributed by atoms with Crippen LogP contribution in [0.15, 0.2) is 0 Å². The fourth-order valence-corrected chi connectivity index (χ4v) is 1.52. The Morgan fingerprint density at radius 3 is 2.80 bits per heavy atom. The number of likely N-dealkylation sites (N-methyl/N-ethyl adjacent to an activating group) is 2. The first kappa shape index (κ1) is 11.6. The van der Waals surface area contributed by atoms with Crippen LogP contribution in [0.2, 0.25) is 0 Å². The molecule has 1 fully saturated rings. The molecule has 6 heteroatoms. The minimum absolute atomic E-state index is 0.151. The molecule has 0 bridgehead atoms. The van der Waals surface area contributed by atoms with Crippen molar-refractivity contribution in [2.75, 3.05) is 20.6 Å². The number of imide groups is 1. The van der Waals surface area contributed by atoms with Gasteiger partial charge in [0.2, 0.25) is 17.7 Å². The fourth-order valence-electron chi connectivity index (χ4n) is 1.52. The van der Waals surface area contributed by atoms with Gasteiger partial charge in [-0.05, 0) is 13.5 Å². The maximum absolute atomic E-state index is 11.4. The van der Waals surface area contributed by atoms with Crippen molar-refractivity contribution < 1.29 is 14.4 Å². The second kappa shape index (κ2) is 4.88. The molecule has 1 saturated heterocycles. The molecule has 84 valence electrons. The van der Waals surface area contributed by atoms with Crippen LogP contribution in [0.1, 0.15) is 12.8 Å². The largest absolute Gasteiger partial charge is 0.358 e. The van der Waals surface area contributed by atoms with Gasteiger partial charge in [-0.2, -0.15) is 0 Å². The molecule has 0 spiro atoms. The van der Waals surface area contributed by atoms with Crippen LogP contribution < -0.4 is 10.6 Å². The van der Waals surface area contributed by atoms with E-state index < -0.39 is 0 Å². The zero-order valence-corrected chi connectivity index (χ0v) is 8.87. The van der Waals surface area contributed by atoms with Crippen molar-refractivity contribution in [2.45, 2.75) is 18.9 Å². The second-order valence-corrected chi connectivity index (χ2v) is 3.56. The molecule has 0 aromatic rings. The van der Waals surface area contributed by atoms with E-state index in [1.165, 1.54) is 0 Å². The zero-order valence-electron chi connectivity index (χ0n) is 8.87. The van der Waals surface area contributed by atoms with E-state index in [2.05, 4.69) is 10.6 Å². The van der Waals surface area contributed by atoms with Gasteiger partial charge in [-0.3, -0.25) is 24.6 Å². The van der Waals surface area contributed by atoms with Gasteiger partial charge < -0.3 is 5.32 Å². The Morgan fingerprint density at radius 1 is 1.60 bits per heavy atom. The summed E-state index contributed by atoms with van der Waals surface area (Å²) in [4.78, 5) is 35.0. The first-order chi connectivity index (χ1) is 7.04. The van der Waals surface area contributed by atoms with E-state index >= 15 is 0 Å². The maximum Gasteiger partial charge on any atom is 0.243 e. The van der Waals surface area contributed by atoms with Crippen molar-refractivity contribution >= 4 is 17.7 Å². The van der Waals surface area contributed by atoms with E-state index in [-0.39, 0.29) is 30.3 Å². The number of carbonyl (C=O) groups is 3. The van der Waals surface area contributed by atoms with Gasteiger partial charge in [0.15, 0.2) is 0 Å². The Hall–Kier alpha value is -1.43. The zero-order chi connectivity index (χ0) is 11.4. The summed E-state index contributed by atoms with van der Waals surface area (Å²) >= 11 is 0. The Balaban J connectivity index is 2.52. The monoisotopic (exact) mass is 213 g/mol. The fraction of sp³-hybridized carbons (Fsp3) is 0.667. The number of rotatable bonds is 3. The predicted molar refractivity (Wildman–Crippen MR) is 52.9 cm³/mol. The average Bonchev–Trinajstić information content (AvgIpc) is 2.17. The van der Waals surface area contributed by atoms with Crippen LogP contribution in [0.3, 0.4) is 0 Å². The lowest BCUT2D eigenvalue weighted by Crippen LogP contribution is -2.53. The number of carbonyl (C=O) groups excluding carboxylic acids is 3. The molecule has 0 aromatic heterocycles. The van der Waals surface area contributed by atoms with E-state index in [1.807, 2.05) is 0 Å². The Kier molecular flexibility index (Phi) is 3.79. The minimum atomic E-state index is -0.389. The highest BCUT2D eigenvalue weighted by Gasteiger charge is 2.30. The molecule has 0 radical (unpaired) electrons. The van der Waals surface area contributed by atoms with Gasteiger partial charge in [0, 0.05) is 13.5 Å². The minimum Gasteiger partial charge on any atom is -0.358 e. The molecule has 1 rings (SSSR count). The molecule has 0 saturated carbocycles. The van der Waals surface area contributed by atoms with Crippen molar-refractivity contribution in [3.05, 3.63) is 0 Å². The lowest BCUT2D eigenvalue weighted by atomic mass is 10.1. The quantitative estimate of drug-likeness (QED) is 0.557. The molecule has 15 heavy (non-hydrogen) atoms. The topological polar surface area (TPSA) is 78.5 Å². The lowest BCUT2D eigenvalue weighted by Gasteiger charge is -2.28. The number of nitrogens with zero attached hydrogens (tertiary/aromatic N) is 1. The van der Waals surface area contributed by atoms with Gasteiger partial charge in [0.05, 0.1) is 12.6 Å². The van der Waals surface area contributed by atoms with Crippen LogP contribution in [0.4, 0.5) is 0 Å². The molecule has 1 heterocycles. The Bertz CT molecular complexity index is 290. The van der Waals surface area contributed by atoms with Gasteiger partial charge in [-0.1, -0.05) is 0 Å². The number of piperidine rings is 1. The molecular formula is C9H15N3O3. The third-order valence-electron chi connectivity index (χ3n) is 2.41. The summed E-state index contributed by atoms with van der Waals surface area (Å²) in [6.45, 7) is 0.156. The summed E-state index contributed by atoms with van der Waals surface area (Å²) in [5.41, 5.74) is 0. The summed E-state index contributed by atoms with van der Waals surface area (Å²) in [5, 5.41) is 4.73. The molecule has 2 N–H and O–H groups in total. The lowest BCUT2D eigenvalue weighted by molar-refractivity contribution is -0.137. The van der Waals surface area contributed by atoms with Crippen LogP contribution in [0.25, 0.3) is 0 Å². The highest BCUT2D eigenvalue weighted by molar-refractivity contribution is 6.00. The summed E-state index contributed by atoms with van der Waals surface area (Å²) < 4.78 is 0. The Morgan fingerprint density at radius 2 is 2.27 bits per heavy atom. The van der Waals surface area contributed by atoms with Gasteiger partial charge in [0.25, 0.3) is 0 Å². The number of hydrogen-bond acceptors (Lipinski definition) is 4. The molecule has 0 aromatic carbocycles. The van der Waals surface area contributed by atoms with Crippen molar-refractivity contribution in [1.82, 2.24) is 15.5 Å². The molecule has 0 aliphatic carbocycles. The molecule has 3 amide bonds. The van der Waals surface area contributed by atoms with Crippen molar-refractivity contribution in [2.24, 2.45) is 0 Å². The van der Waals surface area contributed by atoms with E-state index in [0.717, 1.165) is 0 Å². The van der Waals surface area contributed by atoms with Crippen LogP contribution in [0.5, 0.6) is 0 Å². The number of nitrogens with one attached hydrogen (secondary N) is 2. The second-order valence-electron chi connectivity index (χ2n) is 3.56. The Labute approximate surface area is 88.0 Å². The number of hydrogen-bond donors (Lipinski definition) is 2. The maximum atomic E-state index is 11.4. The molecule has 6 nitrogen and oxygen atoms in total. The van der Waals surface area contributed by atoms with Crippen LogP contribution in [-0.2, 0) is 14.4 Å². The first-order valence-corrected chi connectivity index (χ1v) is 4.79. The van der Waals surface area contributed by atoms with Gasteiger partial charge in [0.1, 0.15) is 0 Å². The summed E-state index contributed by atoms with van der Waals surface area (Å²) in [6.07, 6.45) is 0.798. The third-order valence-corrected chi connectivity index (χ3v) is 2.41. The molecular weight excluding hydrogens is 198 g/mol. The molecule has 1 unspecified atom stereocenters. The highest BCUT2D eigenvalue weighted by atomic mass is 16.2. The summed E-state index contributed by atoms with van der Waals surface area (Å²) in [5.74, 6) is -0.718. The number of amides is 3. The normalized spacial score (nSPS) is 21.4. The SMILES string of the molecule is CNC(=O)CN(C)C1CCC(=O)NC1=O. The standard InChI is InChI=1S/C9H15N3O3/c1-10-8(14)5-12(2)6-3-4-7(13)11-9(6)15/h6H,3-5H2,1-2H3,(H,10,14)(H,11,13,15). The molecule has 1 atom stereocenters. The predicted octanol–water partition coefficient (Wildman–Crippen LogP) is -1.53. The van der Waals surface area contributed by atoms with Gasteiger partial charge >= 0.3 is 0 Å².